The number of nitrogens with zero attached hydrogens (tertiary/aromatic N) is 2. The van der Waals surface area contributed by atoms with E-state index in [0.717, 1.165) is 17.1 Å². The molecule has 1 unspecified atom stereocenters. The van der Waals surface area contributed by atoms with Crippen molar-refractivity contribution in [3.05, 3.63) is 17.8 Å². The normalized spacial score (nSPS) is 20.4. The van der Waals surface area contributed by atoms with Crippen molar-refractivity contribution in [3.8, 4) is 0 Å². The number of pyridine rings is 1. The smallest absolute Gasteiger partial charge is 0.246 e. The number of hydrogen-bond acceptors (Lipinski definition) is 3. The molecular formula is C10H13N3O. The molecule has 0 fully saturated rings. The molecule has 0 spiro atoms. The molecule has 1 aliphatic rings. The van der Waals surface area contributed by atoms with Crippen LogP contribution in [0.15, 0.2) is 12.3 Å². The third-order valence-corrected chi connectivity index (χ3v) is 2.56. The van der Waals surface area contributed by atoms with Gasteiger partial charge in [-0.3, -0.25) is 4.79 Å². The van der Waals surface area contributed by atoms with Gasteiger partial charge in [-0.15, -0.1) is 0 Å². The Bertz CT molecular complexity index is 389. The average Bonchev–Trinajstić information content (AvgIpc) is 2.14. The predicted octanol–water partition coefficient (Wildman–Crippen LogP) is 1.17. The van der Waals surface area contributed by atoms with E-state index in [2.05, 4.69) is 10.3 Å². The second-order valence-electron chi connectivity index (χ2n) is 3.66. The molecule has 0 saturated heterocycles. The van der Waals surface area contributed by atoms with Crippen molar-refractivity contribution in [2.75, 3.05) is 17.3 Å². The van der Waals surface area contributed by atoms with Crippen molar-refractivity contribution < 1.29 is 4.79 Å². The van der Waals surface area contributed by atoms with Crippen LogP contribution in [0.5, 0.6) is 0 Å². The maximum Gasteiger partial charge on any atom is 0.246 e. The number of hydrogen-bond donors (Lipinski definition) is 1. The topological polar surface area (TPSA) is 45.2 Å². The largest absolute Gasteiger partial charge is 0.346 e. The third-order valence-electron chi connectivity index (χ3n) is 2.56. The number of fused-ring (bicyclic) bond motifs is 1. The third kappa shape index (κ3) is 1.23. The highest BCUT2D eigenvalue weighted by molar-refractivity contribution is 6.02. The van der Waals surface area contributed by atoms with E-state index in [9.17, 15) is 4.79 Å². The SMILES string of the molecule is Cc1cnc2c(c1)NC(=O)C(C)N2C. The average molecular weight is 191 g/mol. The van der Waals surface area contributed by atoms with Gasteiger partial charge in [0, 0.05) is 13.2 Å². The molecule has 0 aliphatic carbocycles. The molecule has 1 aliphatic heterocycles. The Morgan fingerprint density at radius 3 is 3.00 bits per heavy atom. The van der Waals surface area contributed by atoms with Gasteiger partial charge < -0.3 is 10.2 Å². The molecule has 2 rings (SSSR count). The zero-order chi connectivity index (χ0) is 10.3. The van der Waals surface area contributed by atoms with Crippen molar-refractivity contribution in [1.29, 1.82) is 0 Å². The molecule has 4 nitrogen and oxygen atoms in total. The van der Waals surface area contributed by atoms with Crippen molar-refractivity contribution in [1.82, 2.24) is 4.98 Å². The number of nitrogens with one attached hydrogen (secondary N) is 1. The highest BCUT2D eigenvalue weighted by Gasteiger charge is 2.27. The van der Waals surface area contributed by atoms with Crippen molar-refractivity contribution in [3.63, 3.8) is 0 Å². The zero-order valence-corrected chi connectivity index (χ0v) is 8.53. The van der Waals surface area contributed by atoms with Crippen LogP contribution in [0.1, 0.15) is 12.5 Å². The molecule has 0 aromatic carbocycles. The fourth-order valence-corrected chi connectivity index (χ4v) is 1.53. The van der Waals surface area contributed by atoms with Crippen molar-refractivity contribution in [2.45, 2.75) is 19.9 Å². The standard InChI is InChI=1S/C10H13N3O/c1-6-4-8-9(11-5-6)13(3)7(2)10(14)12-8/h4-5,7H,1-3H3,(H,12,14). The Balaban J connectivity index is 2.50. The molecule has 1 aromatic rings. The second-order valence-corrected chi connectivity index (χ2v) is 3.66. The van der Waals surface area contributed by atoms with Gasteiger partial charge in [0.1, 0.15) is 6.04 Å². The van der Waals surface area contributed by atoms with Crippen LogP contribution < -0.4 is 10.2 Å². The minimum Gasteiger partial charge on any atom is -0.346 e. The van der Waals surface area contributed by atoms with Gasteiger partial charge in [-0.05, 0) is 25.5 Å². The summed E-state index contributed by atoms with van der Waals surface area (Å²) >= 11 is 0. The Morgan fingerprint density at radius 1 is 1.57 bits per heavy atom. The van der Waals surface area contributed by atoms with E-state index in [1.807, 2.05) is 31.9 Å². The first-order valence-electron chi connectivity index (χ1n) is 4.60. The number of aromatic nitrogens is 1. The van der Waals surface area contributed by atoms with Crippen LogP contribution in [0.25, 0.3) is 0 Å². The van der Waals surface area contributed by atoms with Crippen LogP contribution in [0.3, 0.4) is 0 Å². The summed E-state index contributed by atoms with van der Waals surface area (Å²) in [7, 11) is 1.88. The van der Waals surface area contributed by atoms with Gasteiger partial charge >= 0.3 is 0 Å². The number of rotatable bonds is 0. The first-order valence-corrected chi connectivity index (χ1v) is 4.60. The molecule has 1 amide bonds. The highest BCUT2D eigenvalue weighted by Crippen LogP contribution is 2.28. The Kier molecular flexibility index (Phi) is 1.91. The van der Waals surface area contributed by atoms with Crippen molar-refractivity contribution in [2.24, 2.45) is 0 Å². The summed E-state index contributed by atoms with van der Waals surface area (Å²) in [6, 6.07) is 1.78. The molecule has 0 saturated carbocycles. The van der Waals surface area contributed by atoms with Crippen molar-refractivity contribution >= 4 is 17.4 Å². The molecule has 1 aromatic heterocycles. The summed E-state index contributed by atoms with van der Waals surface area (Å²) < 4.78 is 0. The number of likely N-dealkylation sites (N-methyl/N-ethyl adjacent to an activating group) is 1. The van der Waals surface area contributed by atoms with Crippen LogP contribution in [0.2, 0.25) is 0 Å². The van der Waals surface area contributed by atoms with E-state index in [4.69, 9.17) is 0 Å². The molecule has 0 bridgehead atoms. The van der Waals surface area contributed by atoms with Gasteiger partial charge in [0.05, 0.1) is 5.69 Å². The maximum absolute atomic E-state index is 11.5. The van der Waals surface area contributed by atoms with Gasteiger partial charge in [-0.1, -0.05) is 0 Å². The van der Waals surface area contributed by atoms with Gasteiger partial charge in [-0.25, -0.2) is 4.98 Å². The first kappa shape index (κ1) is 8.99. The molecule has 14 heavy (non-hydrogen) atoms. The summed E-state index contributed by atoms with van der Waals surface area (Å²) in [6.07, 6.45) is 1.81. The molecular weight excluding hydrogens is 178 g/mol. The minimum atomic E-state index is -0.155. The van der Waals surface area contributed by atoms with E-state index in [-0.39, 0.29) is 11.9 Å². The molecule has 1 N–H and O–H groups in total. The van der Waals surface area contributed by atoms with Gasteiger partial charge in [0.2, 0.25) is 5.91 Å². The van der Waals surface area contributed by atoms with Crippen LogP contribution >= 0.6 is 0 Å². The number of amides is 1. The molecule has 74 valence electrons. The number of aryl methyl sites for hydroxylation is 1. The van der Waals surface area contributed by atoms with Crippen LogP contribution in [-0.2, 0) is 4.79 Å². The van der Waals surface area contributed by atoms with Crippen LogP contribution in [0.4, 0.5) is 11.5 Å². The predicted molar refractivity (Wildman–Crippen MR) is 55.5 cm³/mol. The summed E-state index contributed by atoms with van der Waals surface area (Å²) in [6.45, 7) is 3.82. The lowest BCUT2D eigenvalue weighted by Gasteiger charge is -2.31. The number of carbonyl (C=O) groups is 1. The lowest BCUT2D eigenvalue weighted by molar-refractivity contribution is -0.117. The second kappa shape index (κ2) is 2.97. The van der Waals surface area contributed by atoms with E-state index in [1.54, 1.807) is 6.20 Å². The van der Waals surface area contributed by atoms with Crippen LogP contribution in [-0.4, -0.2) is 24.0 Å². The summed E-state index contributed by atoms with van der Waals surface area (Å²) in [5, 5.41) is 2.84. The van der Waals surface area contributed by atoms with Gasteiger partial charge in [0.25, 0.3) is 0 Å². The highest BCUT2D eigenvalue weighted by atomic mass is 16.2. The fourth-order valence-electron chi connectivity index (χ4n) is 1.53. The molecule has 1 atom stereocenters. The molecule has 0 radical (unpaired) electrons. The summed E-state index contributed by atoms with van der Waals surface area (Å²) in [5.41, 5.74) is 1.85. The Hall–Kier alpha value is -1.58. The van der Waals surface area contributed by atoms with E-state index in [0.29, 0.717) is 0 Å². The number of carbonyl (C=O) groups excluding carboxylic acids is 1. The lowest BCUT2D eigenvalue weighted by Crippen LogP contribution is -2.44. The number of anilines is 2. The lowest BCUT2D eigenvalue weighted by atomic mass is 10.1. The monoisotopic (exact) mass is 191 g/mol. The van der Waals surface area contributed by atoms with E-state index >= 15 is 0 Å². The van der Waals surface area contributed by atoms with Gasteiger partial charge in [0.15, 0.2) is 5.82 Å². The summed E-state index contributed by atoms with van der Waals surface area (Å²) in [5.74, 6) is 0.857. The first-order chi connectivity index (χ1) is 6.59. The Labute approximate surface area is 82.9 Å². The van der Waals surface area contributed by atoms with Crippen LogP contribution in [0, 0.1) is 6.92 Å². The maximum atomic E-state index is 11.5. The van der Waals surface area contributed by atoms with E-state index < -0.39 is 0 Å². The zero-order valence-electron chi connectivity index (χ0n) is 8.53. The van der Waals surface area contributed by atoms with E-state index in [1.165, 1.54) is 0 Å². The fraction of sp³-hybridized carbons (Fsp3) is 0.400. The molecule has 2 heterocycles. The van der Waals surface area contributed by atoms with Gasteiger partial charge in [-0.2, -0.15) is 0 Å². The quantitative estimate of drug-likeness (QED) is 0.669. The summed E-state index contributed by atoms with van der Waals surface area (Å²) in [4.78, 5) is 17.7. The minimum absolute atomic E-state index is 0.0207. The molecule has 4 heteroatoms. The Morgan fingerprint density at radius 2 is 2.29 bits per heavy atom.